The van der Waals surface area contributed by atoms with Crippen LogP contribution in [0.1, 0.15) is 37.7 Å². The van der Waals surface area contributed by atoms with Gasteiger partial charge in [0.25, 0.3) is 0 Å². The van der Waals surface area contributed by atoms with Gasteiger partial charge in [-0.05, 0) is 24.1 Å². The van der Waals surface area contributed by atoms with Crippen LogP contribution >= 0.6 is 11.6 Å². The molecule has 0 atom stereocenters. The molecule has 0 bridgehead atoms. The van der Waals surface area contributed by atoms with Crippen LogP contribution in [0.5, 0.6) is 0 Å². The summed E-state index contributed by atoms with van der Waals surface area (Å²) in [5, 5.41) is 8.60. The van der Waals surface area contributed by atoms with E-state index < -0.39 is 0 Å². The molecule has 3 nitrogen and oxygen atoms in total. The Bertz CT molecular complexity index is 535. The normalized spacial score (nSPS) is 11.8. The minimum Gasteiger partial charge on any atom is -0.297 e. The van der Waals surface area contributed by atoms with Crippen LogP contribution < -0.4 is 0 Å². The average Bonchev–Trinajstić information content (AvgIpc) is 2.63. The molecule has 0 N–H and O–H groups in total. The summed E-state index contributed by atoms with van der Waals surface area (Å²) < 4.78 is 1.96. The van der Waals surface area contributed by atoms with E-state index >= 15 is 0 Å². The monoisotopic (exact) mass is 263 g/mol. The van der Waals surface area contributed by atoms with Crippen LogP contribution in [0.2, 0.25) is 5.28 Å². The molecular formula is C14H18ClN3. The molecule has 4 heteroatoms. The maximum absolute atomic E-state index is 6.12. The predicted molar refractivity (Wildman–Crippen MR) is 74.0 cm³/mol. The molecule has 0 aliphatic carbocycles. The summed E-state index contributed by atoms with van der Waals surface area (Å²) in [4.78, 5) is 0. The first-order chi connectivity index (χ1) is 8.38. The van der Waals surface area contributed by atoms with Gasteiger partial charge in [-0.25, -0.2) is 0 Å². The Hall–Kier alpha value is -1.35. The predicted octanol–water partition coefficient (Wildman–Crippen LogP) is 3.59. The van der Waals surface area contributed by atoms with Crippen LogP contribution in [0.4, 0.5) is 0 Å². The highest BCUT2D eigenvalue weighted by Gasteiger charge is 2.23. The topological polar surface area (TPSA) is 30.7 Å². The molecule has 0 saturated heterocycles. The van der Waals surface area contributed by atoms with E-state index in [1.165, 1.54) is 11.1 Å². The van der Waals surface area contributed by atoms with Crippen molar-refractivity contribution < 1.29 is 0 Å². The van der Waals surface area contributed by atoms with Crippen LogP contribution in [-0.2, 0) is 12.0 Å². The fourth-order valence-corrected chi connectivity index (χ4v) is 2.03. The standard InChI is InChI=1S/C14H18ClN3/c1-10-5-7-11(8-6-10)9-18-12(14(2,3)4)16-17-13(18)15/h5-8H,9H2,1-4H3. The number of halogens is 1. The van der Waals surface area contributed by atoms with Crippen LogP contribution in [0.15, 0.2) is 24.3 Å². The quantitative estimate of drug-likeness (QED) is 0.829. The highest BCUT2D eigenvalue weighted by atomic mass is 35.5. The number of rotatable bonds is 2. The van der Waals surface area contributed by atoms with Crippen molar-refractivity contribution in [1.82, 2.24) is 14.8 Å². The molecule has 0 radical (unpaired) electrons. The molecule has 96 valence electrons. The Kier molecular flexibility index (Phi) is 3.44. The molecule has 18 heavy (non-hydrogen) atoms. The summed E-state index contributed by atoms with van der Waals surface area (Å²) >= 11 is 6.12. The third-order valence-electron chi connectivity index (χ3n) is 2.84. The van der Waals surface area contributed by atoms with Gasteiger partial charge in [-0.15, -0.1) is 10.2 Å². The minimum absolute atomic E-state index is 0.0646. The number of aromatic nitrogens is 3. The van der Waals surface area contributed by atoms with Crippen LogP contribution in [-0.4, -0.2) is 14.8 Å². The Balaban J connectivity index is 2.34. The number of hydrogen-bond acceptors (Lipinski definition) is 2. The van der Waals surface area contributed by atoms with Gasteiger partial charge in [-0.3, -0.25) is 4.57 Å². The second-order valence-corrected chi connectivity index (χ2v) is 5.95. The molecule has 2 aromatic rings. The molecule has 0 aliphatic rings. The lowest BCUT2D eigenvalue weighted by molar-refractivity contribution is 0.510. The number of hydrogen-bond donors (Lipinski definition) is 0. The Morgan fingerprint density at radius 3 is 2.28 bits per heavy atom. The van der Waals surface area contributed by atoms with Crippen LogP contribution in [0.25, 0.3) is 0 Å². The van der Waals surface area contributed by atoms with Crippen molar-refractivity contribution in [2.24, 2.45) is 0 Å². The molecule has 1 aromatic carbocycles. The Labute approximate surface area is 113 Å². The summed E-state index contributed by atoms with van der Waals surface area (Å²) in [7, 11) is 0. The molecule has 0 saturated carbocycles. The van der Waals surface area contributed by atoms with E-state index in [4.69, 9.17) is 11.6 Å². The Morgan fingerprint density at radius 1 is 1.11 bits per heavy atom. The number of aryl methyl sites for hydroxylation is 1. The van der Waals surface area contributed by atoms with Crippen molar-refractivity contribution >= 4 is 11.6 Å². The SMILES string of the molecule is Cc1ccc(Cn2c(Cl)nnc2C(C)(C)C)cc1. The molecule has 0 aliphatic heterocycles. The van der Waals surface area contributed by atoms with Crippen LogP contribution in [0.3, 0.4) is 0 Å². The van der Waals surface area contributed by atoms with Crippen LogP contribution in [0, 0.1) is 6.92 Å². The maximum Gasteiger partial charge on any atom is 0.225 e. The molecule has 2 rings (SSSR count). The van der Waals surface area contributed by atoms with E-state index in [2.05, 4.69) is 62.2 Å². The molecular weight excluding hydrogens is 246 g/mol. The van der Waals surface area contributed by atoms with Crippen molar-refractivity contribution in [3.05, 3.63) is 46.5 Å². The minimum atomic E-state index is -0.0646. The molecule has 0 spiro atoms. The smallest absolute Gasteiger partial charge is 0.225 e. The fourth-order valence-electron chi connectivity index (χ4n) is 1.86. The van der Waals surface area contributed by atoms with Gasteiger partial charge >= 0.3 is 0 Å². The molecule has 1 heterocycles. The summed E-state index contributed by atoms with van der Waals surface area (Å²) in [6.07, 6.45) is 0. The second-order valence-electron chi connectivity index (χ2n) is 5.61. The summed E-state index contributed by atoms with van der Waals surface area (Å²) in [5.41, 5.74) is 2.39. The van der Waals surface area contributed by atoms with E-state index in [1.54, 1.807) is 0 Å². The highest BCUT2D eigenvalue weighted by Crippen LogP contribution is 2.23. The van der Waals surface area contributed by atoms with Gasteiger partial charge in [0.2, 0.25) is 5.28 Å². The van der Waals surface area contributed by atoms with E-state index in [9.17, 15) is 0 Å². The Morgan fingerprint density at radius 2 is 1.72 bits per heavy atom. The summed E-state index contributed by atoms with van der Waals surface area (Å²) in [6, 6.07) is 8.42. The average molecular weight is 264 g/mol. The third-order valence-corrected chi connectivity index (χ3v) is 3.12. The van der Waals surface area contributed by atoms with Crippen molar-refractivity contribution in [3.63, 3.8) is 0 Å². The first-order valence-electron chi connectivity index (χ1n) is 6.02. The van der Waals surface area contributed by atoms with Gasteiger partial charge in [0.15, 0.2) is 0 Å². The highest BCUT2D eigenvalue weighted by molar-refractivity contribution is 6.28. The van der Waals surface area contributed by atoms with Gasteiger partial charge in [-0.1, -0.05) is 50.6 Å². The molecule has 0 fully saturated rings. The lowest BCUT2D eigenvalue weighted by Crippen LogP contribution is -2.19. The zero-order chi connectivity index (χ0) is 13.3. The zero-order valence-electron chi connectivity index (χ0n) is 11.2. The first kappa shape index (κ1) is 13.1. The third kappa shape index (κ3) is 2.72. The van der Waals surface area contributed by atoms with Gasteiger partial charge in [-0.2, -0.15) is 0 Å². The van der Waals surface area contributed by atoms with E-state index in [0.717, 1.165) is 5.82 Å². The van der Waals surface area contributed by atoms with Gasteiger partial charge in [0.1, 0.15) is 5.82 Å². The first-order valence-corrected chi connectivity index (χ1v) is 6.40. The largest absolute Gasteiger partial charge is 0.297 e. The molecule has 0 amide bonds. The maximum atomic E-state index is 6.12. The molecule has 0 unspecified atom stereocenters. The van der Waals surface area contributed by atoms with E-state index in [-0.39, 0.29) is 5.41 Å². The van der Waals surface area contributed by atoms with E-state index in [0.29, 0.717) is 11.8 Å². The summed E-state index contributed by atoms with van der Waals surface area (Å²) in [5.74, 6) is 0.910. The fraction of sp³-hybridized carbons (Fsp3) is 0.429. The number of benzene rings is 1. The van der Waals surface area contributed by atoms with Gasteiger partial charge in [0.05, 0.1) is 6.54 Å². The lowest BCUT2D eigenvalue weighted by Gasteiger charge is -2.19. The van der Waals surface area contributed by atoms with Crippen molar-refractivity contribution in [2.45, 2.75) is 39.7 Å². The van der Waals surface area contributed by atoms with E-state index in [1.807, 2.05) is 4.57 Å². The second kappa shape index (κ2) is 4.73. The van der Waals surface area contributed by atoms with Crippen molar-refractivity contribution in [3.8, 4) is 0 Å². The lowest BCUT2D eigenvalue weighted by atomic mass is 9.95. The van der Waals surface area contributed by atoms with Crippen molar-refractivity contribution in [2.75, 3.05) is 0 Å². The van der Waals surface area contributed by atoms with Gasteiger partial charge < -0.3 is 0 Å². The molecule has 1 aromatic heterocycles. The van der Waals surface area contributed by atoms with Gasteiger partial charge in [0, 0.05) is 5.41 Å². The number of nitrogens with zero attached hydrogens (tertiary/aromatic N) is 3. The van der Waals surface area contributed by atoms with Crippen molar-refractivity contribution in [1.29, 1.82) is 0 Å². The zero-order valence-corrected chi connectivity index (χ0v) is 12.0. The summed E-state index contributed by atoms with van der Waals surface area (Å²) in [6.45, 7) is 9.12.